The largest absolute Gasteiger partial charge is 0.456 e. The molecule has 6 nitrogen and oxygen atoms in total. The molecule has 2 heterocycles. The second-order valence-electron chi connectivity index (χ2n) is 10.7. The van der Waals surface area contributed by atoms with Crippen LogP contribution >= 0.6 is 11.6 Å². The summed E-state index contributed by atoms with van der Waals surface area (Å²) in [6.07, 6.45) is 2.85. The first-order valence-corrected chi connectivity index (χ1v) is 14.0. The maximum absolute atomic E-state index is 9.82. The molecule has 1 aromatic heterocycles. The van der Waals surface area contributed by atoms with Gasteiger partial charge in [-0.2, -0.15) is 0 Å². The highest BCUT2D eigenvalue weighted by Crippen LogP contribution is 2.49. The zero-order chi connectivity index (χ0) is 27.1. The molecule has 7 heteroatoms. The van der Waals surface area contributed by atoms with Gasteiger partial charge in [0.05, 0.1) is 17.1 Å². The Balaban J connectivity index is 1.10. The van der Waals surface area contributed by atoms with Gasteiger partial charge in [-0.05, 0) is 77.4 Å². The number of nitrogens with one attached hydrogen (secondary N) is 1. The van der Waals surface area contributed by atoms with Crippen molar-refractivity contribution in [3.63, 3.8) is 0 Å². The summed E-state index contributed by atoms with van der Waals surface area (Å²) in [5.74, 6) is 3.51. The highest BCUT2D eigenvalue weighted by Gasteiger charge is 2.51. The predicted octanol–water partition coefficient (Wildman–Crippen LogP) is 7.30. The molecule has 40 heavy (non-hydrogen) atoms. The summed E-state index contributed by atoms with van der Waals surface area (Å²) in [6, 6.07) is 30.5. The number of hydrogen-bond donors (Lipinski definition) is 2. The van der Waals surface area contributed by atoms with E-state index in [1.165, 1.54) is 12.0 Å². The molecule has 2 N–H and O–H groups in total. The van der Waals surface area contributed by atoms with Crippen LogP contribution in [-0.2, 0) is 6.54 Å². The third kappa shape index (κ3) is 5.02. The first kappa shape index (κ1) is 25.0. The van der Waals surface area contributed by atoms with Crippen molar-refractivity contribution in [1.29, 1.82) is 0 Å². The van der Waals surface area contributed by atoms with E-state index in [1.807, 2.05) is 54.6 Å². The van der Waals surface area contributed by atoms with Gasteiger partial charge in [-0.1, -0.05) is 60.1 Å². The number of benzene rings is 4. The highest BCUT2D eigenvalue weighted by molar-refractivity contribution is 6.32. The Morgan fingerprint density at radius 3 is 2.55 bits per heavy atom. The standard InChI is InChI=1S/C33H29ClN4O2/c34-29-16-25(11-13-32(29)40-26-4-2-1-3-5-26)37-33-28-14-23(10-12-30(28)35-20-36-33)22-8-6-21(7-9-22)17-38-18-24-15-27(24)31(38)19-39/h1-14,16,20,24,27,31,39H,15,17-19H2,(H,35,36,37). The molecule has 1 aliphatic carbocycles. The molecule has 2 fully saturated rings. The van der Waals surface area contributed by atoms with Gasteiger partial charge in [-0.25, -0.2) is 9.97 Å². The lowest BCUT2D eigenvalue weighted by molar-refractivity contribution is 0.131. The van der Waals surface area contributed by atoms with Crippen LogP contribution in [-0.4, -0.2) is 39.2 Å². The molecule has 4 aromatic carbocycles. The first-order chi connectivity index (χ1) is 19.6. The van der Waals surface area contributed by atoms with Crippen LogP contribution in [0.1, 0.15) is 12.0 Å². The van der Waals surface area contributed by atoms with Gasteiger partial charge in [0.25, 0.3) is 0 Å². The van der Waals surface area contributed by atoms with Crippen LogP contribution in [0.15, 0.2) is 97.3 Å². The van der Waals surface area contributed by atoms with Crippen molar-refractivity contribution < 1.29 is 9.84 Å². The third-order valence-electron chi connectivity index (χ3n) is 8.07. The van der Waals surface area contributed by atoms with E-state index in [-0.39, 0.29) is 6.61 Å². The molecule has 0 spiro atoms. The molecule has 2 aliphatic rings. The van der Waals surface area contributed by atoms with E-state index in [1.54, 1.807) is 6.33 Å². The molecule has 3 unspecified atom stereocenters. The van der Waals surface area contributed by atoms with Gasteiger partial charge >= 0.3 is 0 Å². The molecule has 1 saturated carbocycles. The Hall–Kier alpha value is -3.97. The summed E-state index contributed by atoms with van der Waals surface area (Å²) in [6.45, 7) is 2.24. The average Bonchev–Trinajstić information content (AvgIpc) is 3.66. The van der Waals surface area contributed by atoms with E-state index >= 15 is 0 Å². The summed E-state index contributed by atoms with van der Waals surface area (Å²) in [5, 5.41) is 14.7. The molecule has 0 amide bonds. The van der Waals surface area contributed by atoms with Gasteiger partial charge in [0.15, 0.2) is 0 Å². The number of fused-ring (bicyclic) bond motifs is 2. The molecule has 0 bridgehead atoms. The number of rotatable bonds is 8. The van der Waals surface area contributed by atoms with E-state index in [0.29, 0.717) is 28.5 Å². The number of ether oxygens (including phenoxy) is 1. The van der Waals surface area contributed by atoms with Crippen LogP contribution in [0.3, 0.4) is 0 Å². The number of aliphatic hydroxyl groups excluding tert-OH is 1. The van der Waals surface area contributed by atoms with Crippen LogP contribution in [0, 0.1) is 11.8 Å². The highest BCUT2D eigenvalue weighted by atomic mass is 35.5. The number of aromatic nitrogens is 2. The molecule has 5 aromatic rings. The van der Waals surface area contributed by atoms with Crippen molar-refractivity contribution >= 4 is 34.0 Å². The molecule has 3 atom stereocenters. The molecule has 1 saturated heterocycles. The zero-order valence-electron chi connectivity index (χ0n) is 21.9. The third-order valence-corrected chi connectivity index (χ3v) is 8.37. The summed E-state index contributed by atoms with van der Waals surface area (Å²) in [5.41, 5.74) is 5.16. The number of likely N-dealkylation sites (tertiary alicyclic amines) is 1. The molecule has 200 valence electrons. The van der Waals surface area contributed by atoms with Crippen LogP contribution in [0.2, 0.25) is 5.02 Å². The van der Waals surface area contributed by atoms with Crippen molar-refractivity contribution in [3.8, 4) is 22.6 Å². The number of nitrogens with zero attached hydrogens (tertiary/aromatic N) is 3. The lowest BCUT2D eigenvalue weighted by Crippen LogP contribution is -2.35. The van der Waals surface area contributed by atoms with Crippen LogP contribution in [0.5, 0.6) is 11.5 Å². The lowest BCUT2D eigenvalue weighted by Gasteiger charge is -2.25. The van der Waals surface area contributed by atoms with E-state index < -0.39 is 0 Å². The summed E-state index contributed by atoms with van der Waals surface area (Å²) >= 11 is 6.55. The SMILES string of the molecule is OCC1C2CC2CN1Cc1ccc(-c2ccc3ncnc(Nc4ccc(Oc5ccccc5)c(Cl)c4)c3c2)cc1. The lowest BCUT2D eigenvalue weighted by atomic mass is 10.0. The Bertz CT molecular complexity index is 1660. The quantitative estimate of drug-likeness (QED) is 0.212. The van der Waals surface area contributed by atoms with E-state index in [2.05, 4.69) is 56.6 Å². The molecule has 7 rings (SSSR count). The van der Waals surface area contributed by atoms with E-state index in [0.717, 1.165) is 52.5 Å². The minimum absolute atomic E-state index is 0.257. The van der Waals surface area contributed by atoms with Gasteiger partial charge in [0.2, 0.25) is 0 Å². The number of aliphatic hydroxyl groups is 1. The summed E-state index contributed by atoms with van der Waals surface area (Å²) < 4.78 is 5.91. The Morgan fingerprint density at radius 2 is 1.75 bits per heavy atom. The maximum atomic E-state index is 9.82. The van der Waals surface area contributed by atoms with Gasteiger partial charge < -0.3 is 15.2 Å². The predicted molar refractivity (Wildman–Crippen MR) is 159 cm³/mol. The fraction of sp³-hybridized carbons (Fsp3) is 0.212. The monoisotopic (exact) mass is 548 g/mol. The van der Waals surface area contributed by atoms with Crippen molar-refractivity contribution in [2.45, 2.75) is 19.0 Å². The number of anilines is 2. The topological polar surface area (TPSA) is 70.5 Å². The van der Waals surface area contributed by atoms with Crippen molar-refractivity contribution in [2.75, 3.05) is 18.5 Å². The molecular weight excluding hydrogens is 520 g/mol. The van der Waals surface area contributed by atoms with Gasteiger partial charge in [-0.3, -0.25) is 4.90 Å². The smallest absolute Gasteiger partial charge is 0.146 e. The molecule has 1 aliphatic heterocycles. The van der Waals surface area contributed by atoms with Gasteiger partial charge in [0, 0.05) is 30.2 Å². The summed E-state index contributed by atoms with van der Waals surface area (Å²) in [7, 11) is 0. The molecule has 0 radical (unpaired) electrons. The fourth-order valence-electron chi connectivity index (χ4n) is 5.88. The number of halogens is 1. The second kappa shape index (κ2) is 10.5. The van der Waals surface area contributed by atoms with Crippen LogP contribution in [0.25, 0.3) is 22.0 Å². The fourth-order valence-corrected chi connectivity index (χ4v) is 6.10. The number of piperidine rings is 1. The van der Waals surface area contributed by atoms with Crippen molar-refractivity contribution in [1.82, 2.24) is 14.9 Å². The van der Waals surface area contributed by atoms with Crippen LogP contribution < -0.4 is 10.1 Å². The minimum Gasteiger partial charge on any atom is -0.456 e. The number of para-hydroxylation sites is 1. The Morgan fingerprint density at radius 1 is 0.925 bits per heavy atom. The maximum Gasteiger partial charge on any atom is 0.146 e. The average molecular weight is 549 g/mol. The van der Waals surface area contributed by atoms with E-state index in [9.17, 15) is 5.11 Å². The normalized spacial score (nSPS) is 19.9. The first-order valence-electron chi connectivity index (χ1n) is 13.6. The molecular formula is C33H29ClN4O2. The van der Waals surface area contributed by atoms with Gasteiger partial charge in [-0.15, -0.1) is 0 Å². The minimum atomic E-state index is 0.257. The summed E-state index contributed by atoms with van der Waals surface area (Å²) in [4.78, 5) is 11.4. The Kier molecular flexibility index (Phi) is 6.60. The number of hydrogen-bond acceptors (Lipinski definition) is 6. The van der Waals surface area contributed by atoms with E-state index in [4.69, 9.17) is 16.3 Å². The second-order valence-corrected chi connectivity index (χ2v) is 11.1. The van der Waals surface area contributed by atoms with Crippen molar-refractivity contribution in [2.24, 2.45) is 11.8 Å². The van der Waals surface area contributed by atoms with Crippen LogP contribution in [0.4, 0.5) is 11.5 Å². The Labute approximate surface area is 238 Å². The van der Waals surface area contributed by atoms with Crippen molar-refractivity contribution in [3.05, 3.63) is 108 Å². The zero-order valence-corrected chi connectivity index (χ0v) is 22.6. The van der Waals surface area contributed by atoms with Gasteiger partial charge in [0.1, 0.15) is 23.6 Å².